The predicted molar refractivity (Wildman–Crippen MR) is 120 cm³/mol. The Labute approximate surface area is 189 Å². The molecule has 8 nitrogen and oxygen atoms in total. The smallest absolute Gasteiger partial charge is 0.341 e. The molecule has 0 unspecified atom stereocenters. The average Bonchev–Trinajstić information content (AvgIpc) is 3.10. The van der Waals surface area contributed by atoms with Crippen molar-refractivity contribution in [1.29, 1.82) is 0 Å². The number of methoxy groups -OCH3 is 1. The Morgan fingerprint density at radius 3 is 2.59 bits per heavy atom. The van der Waals surface area contributed by atoms with E-state index in [1.165, 1.54) is 18.4 Å². The standard InChI is InChI=1S/C23H25N3O5S/c1-23(14-9-5-3-6-10-14)21(29)26(22(30)25-23)13-17(27)24-19-18(20(28)31-2)15-11-7-4-8-12-16(15)32-19/h3,5-6,9-10H,4,7-8,11-13H2,1-2H3,(H,24,27)(H,25,30)/t23-/m1/s1. The minimum absolute atomic E-state index is 0.383. The molecule has 0 radical (unpaired) electrons. The number of benzene rings is 1. The second-order valence-electron chi connectivity index (χ2n) is 8.12. The summed E-state index contributed by atoms with van der Waals surface area (Å²) in [5, 5.41) is 5.84. The number of esters is 1. The largest absolute Gasteiger partial charge is 0.465 e. The lowest BCUT2D eigenvalue weighted by molar-refractivity contribution is -0.133. The quantitative estimate of drug-likeness (QED) is 0.409. The molecule has 2 aromatic rings. The number of rotatable bonds is 5. The number of hydrogen-bond acceptors (Lipinski definition) is 6. The lowest BCUT2D eigenvalue weighted by Gasteiger charge is -2.22. The molecule has 4 rings (SSSR count). The van der Waals surface area contributed by atoms with Crippen molar-refractivity contribution >= 4 is 40.2 Å². The van der Waals surface area contributed by atoms with E-state index in [-0.39, 0.29) is 0 Å². The summed E-state index contributed by atoms with van der Waals surface area (Å²) in [7, 11) is 1.31. The molecule has 1 aliphatic carbocycles. The zero-order chi connectivity index (χ0) is 22.9. The molecule has 0 spiro atoms. The normalized spacial score (nSPS) is 20.4. The number of carbonyl (C=O) groups excluding carboxylic acids is 4. The molecule has 0 saturated carbocycles. The number of nitrogens with one attached hydrogen (secondary N) is 2. The van der Waals surface area contributed by atoms with E-state index in [1.54, 1.807) is 31.2 Å². The van der Waals surface area contributed by atoms with Gasteiger partial charge in [-0.15, -0.1) is 11.3 Å². The molecular weight excluding hydrogens is 430 g/mol. The Bertz CT molecular complexity index is 1080. The number of urea groups is 1. The van der Waals surface area contributed by atoms with Gasteiger partial charge >= 0.3 is 12.0 Å². The van der Waals surface area contributed by atoms with Crippen molar-refractivity contribution < 1.29 is 23.9 Å². The third-order valence-electron chi connectivity index (χ3n) is 5.99. The highest BCUT2D eigenvalue weighted by Gasteiger charge is 2.49. The molecule has 0 bridgehead atoms. The van der Waals surface area contributed by atoms with Crippen LogP contribution in [0.25, 0.3) is 0 Å². The summed E-state index contributed by atoms with van der Waals surface area (Å²) in [5.74, 6) is -1.54. The summed E-state index contributed by atoms with van der Waals surface area (Å²) < 4.78 is 4.96. The van der Waals surface area contributed by atoms with E-state index >= 15 is 0 Å². The van der Waals surface area contributed by atoms with E-state index < -0.39 is 35.9 Å². The highest BCUT2D eigenvalue weighted by Crippen LogP contribution is 2.38. The number of fused-ring (bicyclic) bond motifs is 1. The van der Waals surface area contributed by atoms with E-state index in [1.807, 2.05) is 6.07 Å². The maximum absolute atomic E-state index is 13.0. The van der Waals surface area contributed by atoms with Crippen LogP contribution >= 0.6 is 11.3 Å². The molecule has 1 fully saturated rings. The van der Waals surface area contributed by atoms with Crippen LogP contribution in [0.5, 0.6) is 0 Å². The minimum Gasteiger partial charge on any atom is -0.465 e. The Kier molecular flexibility index (Phi) is 6.01. The van der Waals surface area contributed by atoms with Crippen molar-refractivity contribution in [3.05, 3.63) is 51.9 Å². The number of hydrogen-bond donors (Lipinski definition) is 2. The van der Waals surface area contributed by atoms with Gasteiger partial charge in [0.25, 0.3) is 5.91 Å². The van der Waals surface area contributed by atoms with Crippen LogP contribution in [0.1, 0.15) is 52.5 Å². The number of thiophene rings is 1. The lowest BCUT2D eigenvalue weighted by atomic mass is 9.92. The van der Waals surface area contributed by atoms with Gasteiger partial charge in [-0.1, -0.05) is 36.8 Å². The van der Waals surface area contributed by atoms with Gasteiger partial charge in [-0.05, 0) is 43.7 Å². The maximum atomic E-state index is 13.0. The van der Waals surface area contributed by atoms with Crippen LogP contribution < -0.4 is 10.6 Å². The third kappa shape index (κ3) is 3.88. The first-order chi connectivity index (χ1) is 15.3. The summed E-state index contributed by atoms with van der Waals surface area (Å²) in [5.41, 5.74) is 0.711. The summed E-state index contributed by atoms with van der Waals surface area (Å²) in [6.07, 6.45) is 4.70. The average molecular weight is 456 g/mol. The number of ether oxygens (including phenoxy) is 1. The number of carbonyl (C=O) groups is 4. The topological polar surface area (TPSA) is 105 Å². The molecule has 2 N–H and O–H groups in total. The Morgan fingerprint density at radius 1 is 1.16 bits per heavy atom. The van der Waals surface area contributed by atoms with E-state index in [2.05, 4.69) is 10.6 Å². The predicted octanol–water partition coefficient (Wildman–Crippen LogP) is 3.21. The zero-order valence-electron chi connectivity index (χ0n) is 18.0. The molecule has 1 aliphatic heterocycles. The number of imide groups is 1. The van der Waals surface area contributed by atoms with Gasteiger partial charge in [0.2, 0.25) is 5.91 Å². The lowest BCUT2D eigenvalue weighted by Crippen LogP contribution is -2.42. The highest BCUT2D eigenvalue weighted by atomic mass is 32.1. The molecule has 1 aromatic heterocycles. The second kappa shape index (κ2) is 8.74. The Balaban J connectivity index is 1.54. The molecular formula is C23H25N3O5S. The van der Waals surface area contributed by atoms with Gasteiger partial charge in [-0.3, -0.25) is 14.5 Å². The Morgan fingerprint density at radius 2 is 1.88 bits per heavy atom. The fourth-order valence-electron chi connectivity index (χ4n) is 4.27. The molecule has 32 heavy (non-hydrogen) atoms. The maximum Gasteiger partial charge on any atom is 0.341 e. The molecule has 1 atom stereocenters. The van der Waals surface area contributed by atoms with Crippen LogP contribution in [0.3, 0.4) is 0 Å². The van der Waals surface area contributed by atoms with Crippen molar-refractivity contribution in [1.82, 2.24) is 10.2 Å². The van der Waals surface area contributed by atoms with E-state index in [0.717, 1.165) is 47.4 Å². The zero-order valence-corrected chi connectivity index (χ0v) is 18.8. The van der Waals surface area contributed by atoms with Gasteiger partial charge in [-0.25, -0.2) is 9.59 Å². The molecule has 168 valence electrons. The van der Waals surface area contributed by atoms with Crippen LogP contribution in [0, 0.1) is 0 Å². The number of anilines is 1. The summed E-state index contributed by atoms with van der Waals surface area (Å²) in [6, 6.07) is 8.26. The number of nitrogens with zero attached hydrogens (tertiary/aromatic N) is 1. The summed E-state index contributed by atoms with van der Waals surface area (Å²) >= 11 is 1.37. The van der Waals surface area contributed by atoms with E-state index in [0.29, 0.717) is 16.1 Å². The highest BCUT2D eigenvalue weighted by molar-refractivity contribution is 7.17. The summed E-state index contributed by atoms with van der Waals surface area (Å²) in [6.45, 7) is 1.17. The molecule has 2 heterocycles. The third-order valence-corrected chi connectivity index (χ3v) is 7.20. The molecule has 1 aromatic carbocycles. The van der Waals surface area contributed by atoms with Crippen molar-refractivity contribution in [3.8, 4) is 0 Å². The second-order valence-corrected chi connectivity index (χ2v) is 9.23. The van der Waals surface area contributed by atoms with Crippen LogP contribution in [-0.2, 0) is 32.7 Å². The van der Waals surface area contributed by atoms with Gasteiger partial charge in [0.05, 0.1) is 12.7 Å². The minimum atomic E-state index is -1.24. The van der Waals surface area contributed by atoms with E-state index in [4.69, 9.17) is 4.74 Å². The fraction of sp³-hybridized carbons (Fsp3) is 0.391. The molecule has 1 saturated heterocycles. The molecule has 2 aliphatic rings. The van der Waals surface area contributed by atoms with Crippen molar-refractivity contribution in [2.75, 3.05) is 19.0 Å². The number of aryl methyl sites for hydroxylation is 1. The van der Waals surface area contributed by atoms with Crippen LogP contribution in [-0.4, -0.2) is 42.4 Å². The van der Waals surface area contributed by atoms with Gasteiger partial charge < -0.3 is 15.4 Å². The van der Waals surface area contributed by atoms with Gasteiger partial charge in [0.1, 0.15) is 17.1 Å². The first-order valence-electron chi connectivity index (χ1n) is 10.6. The Hall–Kier alpha value is -3.20. The van der Waals surface area contributed by atoms with Crippen LogP contribution in [0.15, 0.2) is 30.3 Å². The molecule has 9 heteroatoms. The first-order valence-corrected chi connectivity index (χ1v) is 11.4. The van der Waals surface area contributed by atoms with Gasteiger partial charge in [-0.2, -0.15) is 0 Å². The van der Waals surface area contributed by atoms with Gasteiger partial charge in [0.15, 0.2) is 0 Å². The summed E-state index contributed by atoms with van der Waals surface area (Å²) in [4.78, 5) is 52.8. The van der Waals surface area contributed by atoms with Crippen LogP contribution in [0.2, 0.25) is 0 Å². The van der Waals surface area contributed by atoms with Crippen LogP contribution in [0.4, 0.5) is 9.80 Å². The van der Waals surface area contributed by atoms with Crippen molar-refractivity contribution in [3.63, 3.8) is 0 Å². The van der Waals surface area contributed by atoms with Gasteiger partial charge in [0, 0.05) is 4.88 Å². The first kappa shape index (κ1) is 22.0. The van der Waals surface area contributed by atoms with Crippen molar-refractivity contribution in [2.24, 2.45) is 0 Å². The molecule has 4 amide bonds. The van der Waals surface area contributed by atoms with E-state index in [9.17, 15) is 19.2 Å². The number of amides is 4. The SMILES string of the molecule is COC(=O)c1c(NC(=O)CN2C(=O)N[C@](C)(c3ccccc3)C2=O)sc2c1CCCCC2. The fourth-order valence-corrected chi connectivity index (χ4v) is 5.56. The monoisotopic (exact) mass is 455 g/mol. The van der Waals surface area contributed by atoms with Crippen molar-refractivity contribution in [2.45, 2.75) is 44.6 Å².